The minimum Gasteiger partial charge on any atom is -0.298 e. The first-order chi connectivity index (χ1) is 6.99. The second-order valence-electron chi connectivity index (χ2n) is 4.38. The third-order valence-electron chi connectivity index (χ3n) is 3.41. The first kappa shape index (κ1) is 10.8. The Hall–Kier alpha value is -0.680. The maximum atomic E-state index is 11.7. The van der Waals surface area contributed by atoms with Crippen LogP contribution in [0.1, 0.15) is 6.42 Å². The maximum absolute atomic E-state index is 11.7. The van der Waals surface area contributed by atoms with E-state index in [9.17, 15) is 8.42 Å². The lowest BCUT2D eigenvalue weighted by atomic mass is 9.89. The lowest BCUT2D eigenvalue weighted by Gasteiger charge is -2.46. The van der Waals surface area contributed by atoms with Crippen molar-refractivity contribution >= 4 is 16.1 Å². The number of sulfone groups is 1. The topological polar surface area (TPSA) is 49.7 Å². The Morgan fingerprint density at radius 1 is 1.47 bits per heavy atom. The van der Waals surface area contributed by atoms with Crippen LogP contribution in [0.5, 0.6) is 0 Å². The standard InChI is InChI=1S/C10H16N2O2S/c1-12(2)10(5-3-6-11-8-10)9-4-7-15(9,13)14/h3,5-6,9H,4,7-8H2,1-2H3. The molecule has 0 aliphatic carbocycles. The zero-order valence-corrected chi connectivity index (χ0v) is 9.87. The largest absolute Gasteiger partial charge is 0.298 e. The normalized spacial score (nSPS) is 37.9. The fourth-order valence-electron chi connectivity index (χ4n) is 2.30. The summed E-state index contributed by atoms with van der Waals surface area (Å²) in [6.45, 7) is 0.542. The van der Waals surface area contributed by atoms with Crippen molar-refractivity contribution in [1.82, 2.24) is 4.90 Å². The molecule has 4 nitrogen and oxygen atoms in total. The maximum Gasteiger partial charge on any atom is 0.155 e. The number of allylic oxidation sites excluding steroid dienone is 1. The number of dihydropyridines is 1. The highest BCUT2D eigenvalue weighted by molar-refractivity contribution is 7.93. The van der Waals surface area contributed by atoms with E-state index in [4.69, 9.17) is 0 Å². The average Bonchev–Trinajstić information content (AvgIpc) is 2.17. The minimum atomic E-state index is -2.89. The second-order valence-corrected chi connectivity index (χ2v) is 6.68. The molecule has 0 spiro atoms. The van der Waals surface area contributed by atoms with E-state index in [1.165, 1.54) is 0 Å². The summed E-state index contributed by atoms with van der Waals surface area (Å²) < 4.78 is 23.4. The third-order valence-corrected chi connectivity index (χ3v) is 5.72. The molecule has 0 radical (unpaired) electrons. The molecule has 5 heteroatoms. The first-order valence-corrected chi connectivity index (χ1v) is 6.77. The van der Waals surface area contributed by atoms with E-state index in [1.54, 1.807) is 6.21 Å². The quantitative estimate of drug-likeness (QED) is 0.674. The molecular weight excluding hydrogens is 212 g/mol. The summed E-state index contributed by atoms with van der Waals surface area (Å²) in [6, 6.07) is 0. The van der Waals surface area contributed by atoms with E-state index in [2.05, 4.69) is 4.99 Å². The highest BCUT2D eigenvalue weighted by Crippen LogP contribution is 2.36. The van der Waals surface area contributed by atoms with Crippen LogP contribution in [0.15, 0.2) is 17.1 Å². The molecule has 2 heterocycles. The minimum absolute atomic E-state index is 0.284. The highest BCUT2D eigenvalue weighted by atomic mass is 32.2. The van der Waals surface area contributed by atoms with Crippen molar-refractivity contribution in [3.63, 3.8) is 0 Å². The molecule has 2 rings (SSSR count). The zero-order chi connectivity index (χ0) is 11.1. The fraction of sp³-hybridized carbons (Fsp3) is 0.700. The summed E-state index contributed by atoms with van der Waals surface area (Å²) in [7, 11) is 0.939. The van der Waals surface area contributed by atoms with Gasteiger partial charge in [0.15, 0.2) is 9.84 Å². The van der Waals surface area contributed by atoms with Crippen molar-refractivity contribution in [3.8, 4) is 0 Å². The van der Waals surface area contributed by atoms with Crippen LogP contribution in [0.4, 0.5) is 0 Å². The molecule has 0 amide bonds. The van der Waals surface area contributed by atoms with Crippen LogP contribution in [-0.4, -0.2) is 56.7 Å². The van der Waals surface area contributed by atoms with Gasteiger partial charge >= 0.3 is 0 Å². The summed E-state index contributed by atoms with van der Waals surface area (Å²) >= 11 is 0. The van der Waals surface area contributed by atoms with Gasteiger partial charge in [-0.15, -0.1) is 0 Å². The summed E-state index contributed by atoms with van der Waals surface area (Å²) in [5.74, 6) is 0.324. The number of hydrogen-bond acceptors (Lipinski definition) is 4. The molecule has 84 valence electrons. The van der Waals surface area contributed by atoms with Gasteiger partial charge in [0, 0.05) is 6.21 Å². The Morgan fingerprint density at radius 3 is 2.53 bits per heavy atom. The number of likely N-dealkylation sites (N-methyl/N-ethyl adjacent to an activating group) is 1. The van der Waals surface area contributed by atoms with E-state index in [0.717, 1.165) is 6.42 Å². The number of rotatable bonds is 2. The van der Waals surface area contributed by atoms with Gasteiger partial charge in [0.1, 0.15) is 0 Å². The molecule has 1 saturated heterocycles. The Morgan fingerprint density at radius 2 is 2.20 bits per heavy atom. The molecule has 0 aromatic carbocycles. The first-order valence-electron chi connectivity index (χ1n) is 5.06. The van der Waals surface area contributed by atoms with Gasteiger partial charge < -0.3 is 0 Å². The van der Waals surface area contributed by atoms with Crippen LogP contribution < -0.4 is 0 Å². The lowest BCUT2D eigenvalue weighted by Crippen LogP contribution is -2.62. The predicted molar refractivity (Wildman–Crippen MR) is 61.1 cm³/mol. The summed E-state index contributed by atoms with van der Waals surface area (Å²) in [5, 5.41) is -0.284. The van der Waals surface area contributed by atoms with E-state index >= 15 is 0 Å². The highest BCUT2D eigenvalue weighted by Gasteiger charge is 2.51. The molecular formula is C10H16N2O2S. The van der Waals surface area contributed by atoms with E-state index in [0.29, 0.717) is 12.3 Å². The monoisotopic (exact) mass is 228 g/mol. The molecule has 15 heavy (non-hydrogen) atoms. The molecule has 2 aliphatic heterocycles. The molecule has 2 aliphatic rings. The van der Waals surface area contributed by atoms with Gasteiger partial charge in [-0.1, -0.05) is 6.08 Å². The van der Waals surface area contributed by atoms with Gasteiger partial charge in [0.25, 0.3) is 0 Å². The smallest absolute Gasteiger partial charge is 0.155 e. The molecule has 2 unspecified atom stereocenters. The van der Waals surface area contributed by atoms with Crippen molar-refractivity contribution in [2.75, 3.05) is 26.4 Å². The Labute approximate surface area is 90.6 Å². The van der Waals surface area contributed by atoms with Crippen molar-refractivity contribution in [2.24, 2.45) is 4.99 Å². The van der Waals surface area contributed by atoms with Crippen molar-refractivity contribution in [2.45, 2.75) is 17.2 Å². The lowest BCUT2D eigenvalue weighted by molar-refractivity contribution is 0.195. The van der Waals surface area contributed by atoms with E-state index < -0.39 is 15.4 Å². The Bertz CT molecular complexity index is 411. The molecule has 0 bridgehead atoms. The van der Waals surface area contributed by atoms with Gasteiger partial charge in [-0.05, 0) is 26.6 Å². The van der Waals surface area contributed by atoms with Crippen LogP contribution in [0, 0.1) is 0 Å². The SMILES string of the molecule is CN(C)C1(C2CCS2(=O)=O)C=CC=NC1. The molecule has 0 aromatic rings. The zero-order valence-electron chi connectivity index (χ0n) is 9.05. The Kier molecular flexibility index (Phi) is 2.47. The van der Waals surface area contributed by atoms with Crippen LogP contribution in [0.3, 0.4) is 0 Å². The Balaban J connectivity index is 2.36. The molecule has 1 fully saturated rings. The van der Waals surface area contributed by atoms with Crippen LogP contribution >= 0.6 is 0 Å². The predicted octanol–water partition coefficient (Wildman–Crippen LogP) is 0.115. The molecule has 0 aromatic heterocycles. The summed E-state index contributed by atoms with van der Waals surface area (Å²) in [5.41, 5.74) is -0.425. The molecule has 0 N–H and O–H groups in total. The average molecular weight is 228 g/mol. The van der Waals surface area contributed by atoms with Crippen molar-refractivity contribution < 1.29 is 8.42 Å². The number of nitrogens with zero attached hydrogens (tertiary/aromatic N) is 2. The van der Waals surface area contributed by atoms with E-state index in [1.807, 2.05) is 31.1 Å². The van der Waals surface area contributed by atoms with Crippen LogP contribution in [-0.2, 0) is 9.84 Å². The fourth-order valence-corrected chi connectivity index (χ4v) is 4.14. The summed E-state index contributed by atoms with van der Waals surface area (Å²) in [4.78, 5) is 6.18. The van der Waals surface area contributed by atoms with Gasteiger partial charge in [-0.25, -0.2) is 8.42 Å². The number of aliphatic imine (C=N–C) groups is 1. The number of hydrogen-bond donors (Lipinski definition) is 0. The van der Waals surface area contributed by atoms with E-state index in [-0.39, 0.29) is 5.25 Å². The van der Waals surface area contributed by atoms with Gasteiger partial charge in [0.2, 0.25) is 0 Å². The summed E-state index contributed by atoms with van der Waals surface area (Å²) in [6.07, 6.45) is 6.30. The van der Waals surface area contributed by atoms with Crippen LogP contribution in [0.25, 0.3) is 0 Å². The van der Waals surface area contributed by atoms with Gasteiger partial charge in [-0.2, -0.15) is 0 Å². The van der Waals surface area contributed by atoms with Gasteiger partial charge in [0.05, 0.1) is 23.1 Å². The molecule has 2 atom stereocenters. The van der Waals surface area contributed by atoms with Crippen LogP contribution in [0.2, 0.25) is 0 Å². The second kappa shape index (κ2) is 3.42. The third kappa shape index (κ3) is 1.54. The molecule has 0 saturated carbocycles. The van der Waals surface area contributed by atoms with Crippen molar-refractivity contribution in [3.05, 3.63) is 12.2 Å². The van der Waals surface area contributed by atoms with Crippen molar-refractivity contribution in [1.29, 1.82) is 0 Å². The van der Waals surface area contributed by atoms with Gasteiger partial charge in [-0.3, -0.25) is 9.89 Å².